The molecule has 0 aromatic carbocycles. The zero-order valence-corrected chi connectivity index (χ0v) is 6.30. The van der Waals surface area contributed by atoms with Crippen molar-refractivity contribution in [1.29, 1.82) is 0 Å². The van der Waals surface area contributed by atoms with Crippen LogP contribution in [0.2, 0.25) is 0 Å². The Bertz CT molecular complexity index is 80.6. The summed E-state index contributed by atoms with van der Waals surface area (Å²) in [7, 11) is 0. The second-order valence-electron chi connectivity index (χ2n) is 3.38. The molecular formula is C8H16O. The lowest BCUT2D eigenvalue weighted by atomic mass is 9.81. The average Bonchev–Trinajstić information content (AvgIpc) is 1.83. The van der Waals surface area contributed by atoms with E-state index in [9.17, 15) is 5.11 Å². The molecule has 0 bridgehead atoms. The Balaban J connectivity index is 2.41. The van der Waals surface area contributed by atoms with Crippen LogP contribution in [-0.4, -0.2) is 11.2 Å². The molecule has 2 atom stereocenters. The number of aliphatic hydroxyl groups is 1. The molecule has 1 fully saturated rings. The highest BCUT2D eigenvalue weighted by Crippen LogP contribution is 2.28. The van der Waals surface area contributed by atoms with Crippen molar-refractivity contribution in [3.8, 4) is 0 Å². The van der Waals surface area contributed by atoms with Crippen molar-refractivity contribution in [3.63, 3.8) is 0 Å². The van der Waals surface area contributed by atoms with Gasteiger partial charge in [-0.3, -0.25) is 0 Å². The third kappa shape index (κ3) is 1.45. The van der Waals surface area contributed by atoms with E-state index in [-0.39, 0.29) is 6.10 Å². The van der Waals surface area contributed by atoms with Gasteiger partial charge >= 0.3 is 0 Å². The van der Waals surface area contributed by atoms with Gasteiger partial charge in [-0.1, -0.05) is 20.3 Å². The van der Waals surface area contributed by atoms with E-state index in [1.807, 2.05) is 0 Å². The zero-order valence-electron chi connectivity index (χ0n) is 6.30. The zero-order chi connectivity index (χ0) is 6.85. The molecule has 1 aliphatic carbocycles. The molecule has 0 amide bonds. The summed E-state index contributed by atoms with van der Waals surface area (Å²) in [6, 6.07) is 0. The summed E-state index contributed by atoms with van der Waals surface area (Å²) in [5.74, 6) is 1.07. The van der Waals surface area contributed by atoms with E-state index in [1.165, 1.54) is 19.3 Å². The Morgan fingerprint density at radius 3 is 1.89 bits per heavy atom. The molecular weight excluding hydrogens is 112 g/mol. The number of hydrogen-bond acceptors (Lipinski definition) is 1. The normalized spacial score (nSPS) is 39.0. The maximum atomic E-state index is 9.45. The third-order valence-corrected chi connectivity index (χ3v) is 2.48. The van der Waals surface area contributed by atoms with Gasteiger partial charge in [0.15, 0.2) is 0 Å². The van der Waals surface area contributed by atoms with Gasteiger partial charge in [0, 0.05) is 0 Å². The molecule has 0 saturated heterocycles. The van der Waals surface area contributed by atoms with Crippen LogP contribution in [0.25, 0.3) is 0 Å². The highest BCUT2D eigenvalue weighted by molar-refractivity contribution is 4.75. The second-order valence-corrected chi connectivity index (χ2v) is 3.38. The fourth-order valence-corrected chi connectivity index (χ4v) is 1.66. The molecule has 0 aliphatic heterocycles. The van der Waals surface area contributed by atoms with E-state index in [0.29, 0.717) is 11.8 Å². The summed E-state index contributed by atoms with van der Waals surface area (Å²) >= 11 is 0. The number of hydrogen-bond donors (Lipinski definition) is 1. The number of rotatable bonds is 0. The van der Waals surface area contributed by atoms with E-state index in [1.54, 1.807) is 0 Å². The molecule has 0 aromatic heterocycles. The van der Waals surface area contributed by atoms with Crippen molar-refractivity contribution in [2.45, 2.75) is 39.2 Å². The van der Waals surface area contributed by atoms with Gasteiger partial charge in [0.1, 0.15) is 0 Å². The maximum absolute atomic E-state index is 9.45. The van der Waals surface area contributed by atoms with Crippen molar-refractivity contribution >= 4 is 0 Å². The molecule has 9 heavy (non-hydrogen) atoms. The van der Waals surface area contributed by atoms with Gasteiger partial charge in [0.05, 0.1) is 6.10 Å². The van der Waals surface area contributed by atoms with Crippen molar-refractivity contribution < 1.29 is 5.11 Å². The lowest BCUT2D eigenvalue weighted by Gasteiger charge is -2.29. The van der Waals surface area contributed by atoms with E-state index in [0.717, 1.165) is 0 Å². The molecule has 1 heteroatoms. The molecule has 1 saturated carbocycles. The predicted octanol–water partition coefficient (Wildman–Crippen LogP) is 1.80. The first-order chi connectivity index (χ1) is 4.22. The van der Waals surface area contributed by atoms with Crippen LogP contribution >= 0.6 is 0 Å². The van der Waals surface area contributed by atoms with Gasteiger partial charge in [0.2, 0.25) is 0 Å². The smallest absolute Gasteiger partial charge is 0.0591 e. The largest absolute Gasteiger partial charge is 0.393 e. The summed E-state index contributed by atoms with van der Waals surface area (Å²) in [5, 5.41) is 9.45. The summed E-state index contributed by atoms with van der Waals surface area (Å²) in [4.78, 5) is 0. The molecule has 0 unspecified atom stereocenters. The molecule has 1 aliphatic rings. The Hall–Kier alpha value is -0.0400. The van der Waals surface area contributed by atoms with Crippen molar-refractivity contribution in [2.24, 2.45) is 11.8 Å². The minimum atomic E-state index is -0.0289. The molecule has 1 rings (SSSR count). The van der Waals surface area contributed by atoms with E-state index in [4.69, 9.17) is 0 Å². The monoisotopic (exact) mass is 128 g/mol. The van der Waals surface area contributed by atoms with Crippen molar-refractivity contribution in [1.82, 2.24) is 0 Å². The van der Waals surface area contributed by atoms with E-state index in [2.05, 4.69) is 13.8 Å². The highest BCUT2D eigenvalue weighted by Gasteiger charge is 2.24. The van der Waals surface area contributed by atoms with Crippen molar-refractivity contribution in [3.05, 3.63) is 0 Å². The van der Waals surface area contributed by atoms with E-state index >= 15 is 0 Å². The van der Waals surface area contributed by atoms with Gasteiger partial charge in [-0.15, -0.1) is 0 Å². The summed E-state index contributed by atoms with van der Waals surface area (Å²) in [6.45, 7) is 4.28. The Morgan fingerprint density at radius 1 is 1.11 bits per heavy atom. The Labute approximate surface area is 57.1 Å². The van der Waals surface area contributed by atoms with Crippen LogP contribution in [0.5, 0.6) is 0 Å². The Morgan fingerprint density at radius 2 is 1.56 bits per heavy atom. The molecule has 1 nitrogen and oxygen atoms in total. The maximum Gasteiger partial charge on any atom is 0.0591 e. The summed E-state index contributed by atoms with van der Waals surface area (Å²) in [6.07, 6.45) is 3.70. The van der Waals surface area contributed by atoms with Crippen LogP contribution in [0, 0.1) is 11.8 Å². The van der Waals surface area contributed by atoms with Gasteiger partial charge in [-0.25, -0.2) is 0 Å². The lowest BCUT2D eigenvalue weighted by Crippen LogP contribution is -2.29. The highest BCUT2D eigenvalue weighted by atomic mass is 16.3. The number of aliphatic hydroxyl groups excluding tert-OH is 1. The standard InChI is InChI=1S/C8H16O/c1-6-4-3-5-7(2)8(6)9/h6-9H,3-5H2,1-2H3/t6-,7-/m1/s1. The quantitative estimate of drug-likeness (QED) is 0.527. The van der Waals surface area contributed by atoms with Crippen LogP contribution in [0.1, 0.15) is 33.1 Å². The van der Waals surface area contributed by atoms with Crippen molar-refractivity contribution in [2.75, 3.05) is 0 Å². The molecule has 54 valence electrons. The fourth-order valence-electron chi connectivity index (χ4n) is 1.66. The SMILES string of the molecule is C[C@@H]1CCC[C@@H](C)C1O. The summed E-state index contributed by atoms with van der Waals surface area (Å²) in [5.41, 5.74) is 0. The molecule has 0 aromatic rings. The minimum Gasteiger partial charge on any atom is -0.393 e. The van der Waals surface area contributed by atoms with Gasteiger partial charge < -0.3 is 5.11 Å². The molecule has 0 radical (unpaired) electrons. The first kappa shape index (κ1) is 7.07. The first-order valence-corrected chi connectivity index (χ1v) is 3.90. The molecule has 1 N–H and O–H groups in total. The van der Waals surface area contributed by atoms with Crippen LogP contribution in [0.3, 0.4) is 0 Å². The van der Waals surface area contributed by atoms with Gasteiger partial charge in [-0.05, 0) is 24.7 Å². The average molecular weight is 128 g/mol. The third-order valence-electron chi connectivity index (χ3n) is 2.48. The molecule has 0 spiro atoms. The van der Waals surface area contributed by atoms with Gasteiger partial charge in [0.25, 0.3) is 0 Å². The van der Waals surface area contributed by atoms with Crippen LogP contribution in [0.15, 0.2) is 0 Å². The first-order valence-electron chi connectivity index (χ1n) is 3.90. The topological polar surface area (TPSA) is 20.2 Å². The Kier molecular flexibility index (Phi) is 2.12. The predicted molar refractivity (Wildman–Crippen MR) is 38.2 cm³/mol. The van der Waals surface area contributed by atoms with Crippen LogP contribution in [0.4, 0.5) is 0 Å². The van der Waals surface area contributed by atoms with Gasteiger partial charge in [-0.2, -0.15) is 0 Å². The molecule has 0 heterocycles. The lowest BCUT2D eigenvalue weighted by molar-refractivity contribution is 0.0334. The van der Waals surface area contributed by atoms with Crippen LogP contribution < -0.4 is 0 Å². The summed E-state index contributed by atoms with van der Waals surface area (Å²) < 4.78 is 0. The second kappa shape index (κ2) is 2.70. The van der Waals surface area contributed by atoms with E-state index < -0.39 is 0 Å². The van der Waals surface area contributed by atoms with Crippen LogP contribution in [-0.2, 0) is 0 Å². The minimum absolute atomic E-state index is 0.0289. The fraction of sp³-hybridized carbons (Fsp3) is 1.00.